The molecule has 112 valence electrons. The molecule has 0 radical (unpaired) electrons. The molecule has 1 rings (SSSR count). The maximum absolute atomic E-state index is 11.0. The molecule has 6 nitrogen and oxygen atoms in total. The van der Waals surface area contributed by atoms with E-state index in [9.17, 15) is 4.79 Å². The Labute approximate surface area is 119 Å². The van der Waals surface area contributed by atoms with Gasteiger partial charge in [0.05, 0.1) is 17.9 Å². The van der Waals surface area contributed by atoms with Gasteiger partial charge in [-0.05, 0) is 25.5 Å². The average molecular weight is 282 g/mol. The molecule has 0 saturated heterocycles. The topological polar surface area (TPSA) is 71.9 Å². The van der Waals surface area contributed by atoms with Crippen molar-refractivity contribution in [3.8, 4) is 0 Å². The first-order chi connectivity index (χ1) is 9.60. The summed E-state index contributed by atoms with van der Waals surface area (Å²) >= 11 is 0. The lowest BCUT2D eigenvalue weighted by Gasteiger charge is -2.24. The Balaban J connectivity index is 2.83. The minimum Gasteiger partial charge on any atom is -0.478 e. The van der Waals surface area contributed by atoms with Crippen molar-refractivity contribution in [2.75, 3.05) is 45.4 Å². The first-order valence-corrected chi connectivity index (χ1v) is 6.54. The smallest absolute Gasteiger partial charge is 0.337 e. The van der Waals surface area contributed by atoms with Crippen molar-refractivity contribution in [1.29, 1.82) is 0 Å². The second kappa shape index (κ2) is 8.50. The van der Waals surface area contributed by atoms with Gasteiger partial charge in [0.1, 0.15) is 5.82 Å². The molecule has 0 saturated carbocycles. The number of carboxylic acids is 1. The first kappa shape index (κ1) is 16.4. The van der Waals surface area contributed by atoms with Crippen LogP contribution in [-0.2, 0) is 9.47 Å². The third kappa shape index (κ3) is 4.79. The maximum atomic E-state index is 11.0. The molecule has 0 bridgehead atoms. The van der Waals surface area contributed by atoms with Gasteiger partial charge in [0.2, 0.25) is 0 Å². The molecule has 0 fully saturated rings. The Bertz CT molecular complexity index is 437. The summed E-state index contributed by atoms with van der Waals surface area (Å²) in [6.45, 7) is 4.47. The number of hydrogen-bond acceptors (Lipinski definition) is 5. The number of rotatable bonds is 9. The first-order valence-electron chi connectivity index (χ1n) is 6.54. The van der Waals surface area contributed by atoms with Crippen molar-refractivity contribution in [2.45, 2.75) is 13.3 Å². The Kier molecular flexibility index (Phi) is 6.97. The number of aromatic carboxylic acids is 1. The lowest BCUT2D eigenvalue weighted by molar-refractivity contribution is 0.0695. The van der Waals surface area contributed by atoms with Crippen molar-refractivity contribution in [3.05, 3.63) is 23.4 Å². The number of ether oxygens (including phenoxy) is 2. The van der Waals surface area contributed by atoms with Crippen LogP contribution in [0.2, 0.25) is 0 Å². The summed E-state index contributed by atoms with van der Waals surface area (Å²) in [5.41, 5.74) is 0.751. The minimum absolute atomic E-state index is 0.234. The van der Waals surface area contributed by atoms with Crippen molar-refractivity contribution in [2.24, 2.45) is 0 Å². The highest BCUT2D eigenvalue weighted by Gasteiger charge is 2.12. The van der Waals surface area contributed by atoms with E-state index < -0.39 is 5.97 Å². The molecule has 6 heteroatoms. The normalized spacial score (nSPS) is 10.6. The number of methoxy groups -OCH3 is 2. The third-order valence-corrected chi connectivity index (χ3v) is 2.97. The van der Waals surface area contributed by atoms with Gasteiger partial charge in [-0.15, -0.1) is 0 Å². The van der Waals surface area contributed by atoms with Crippen LogP contribution < -0.4 is 4.90 Å². The molecular formula is C14H22N2O4. The van der Waals surface area contributed by atoms with Crippen molar-refractivity contribution < 1.29 is 19.4 Å². The Morgan fingerprint density at radius 1 is 1.25 bits per heavy atom. The number of aromatic nitrogens is 1. The molecule has 1 N–H and O–H groups in total. The number of carboxylic acid groups (broad SMARTS) is 1. The molecule has 0 aliphatic heterocycles. The van der Waals surface area contributed by atoms with Crippen LogP contribution in [0.25, 0.3) is 0 Å². The number of hydrogen-bond donors (Lipinski definition) is 1. The lowest BCUT2D eigenvalue weighted by atomic mass is 10.2. The van der Waals surface area contributed by atoms with Gasteiger partial charge in [-0.3, -0.25) is 0 Å². The highest BCUT2D eigenvalue weighted by atomic mass is 16.5. The number of aryl methyl sites for hydroxylation is 1. The van der Waals surface area contributed by atoms with Gasteiger partial charge in [-0.1, -0.05) is 0 Å². The fourth-order valence-electron chi connectivity index (χ4n) is 1.89. The van der Waals surface area contributed by atoms with Gasteiger partial charge >= 0.3 is 5.97 Å². The van der Waals surface area contributed by atoms with Gasteiger partial charge in [-0.2, -0.15) is 0 Å². The van der Waals surface area contributed by atoms with Gasteiger partial charge < -0.3 is 19.5 Å². The van der Waals surface area contributed by atoms with E-state index in [1.807, 2.05) is 0 Å². The second-order valence-electron chi connectivity index (χ2n) is 4.43. The zero-order chi connectivity index (χ0) is 15.0. The zero-order valence-corrected chi connectivity index (χ0v) is 12.3. The van der Waals surface area contributed by atoms with E-state index in [4.69, 9.17) is 14.6 Å². The third-order valence-electron chi connectivity index (χ3n) is 2.97. The fourth-order valence-corrected chi connectivity index (χ4v) is 1.89. The molecule has 0 spiro atoms. The molecule has 0 aliphatic rings. The predicted octanol–water partition coefficient (Wildman–Crippen LogP) is 1.58. The molecule has 0 aromatic carbocycles. The van der Waals surface area contributed by atoms with Crippen LogP contribution in [0.15, 0.2) is 12.1 Å². The molecule has 1 heterocycles. The van der Waals surface area contributed by atoms with Crippen molar-refractivity contribution in [3.63, 3.8) is 0 Å². The molecule has 0 amide bonds. The van der Waals surface area contributed by atoms with Crippen LogP contribution in [0.5, 0.6) is 0 Å². The van der Waals surface area contributed by atoms with Crippen molar-refractivity contribution in [1.82, 2.24) is 4.98 Å². The van der Waals surface area contributed by atoms with Crippen LogP contribution in [0, 0.1) is 6.92 Å². The molecule has 20 heavy (non-hydrogen) atoms. The Hall–Kier alpha value is -1.66. The summed E-state index contributed by atoms with van der Waals surface area (Å²) in [5, 5.41) is 9.02. The summed E-state index contributed by atoms with van der Waals surface area (Å²) in [6, 6.07) is 3.33. The van der Waals surface area contributed by atoms with Gasteiger partial charge in [0, 0.05) is 33.9 Å². The van der Waals surface area contributed by atoms with Crippen molar-refractivity contribution >= 4 is 11.8 Å². The van der Waals surface area contributed by atoms with E-state index in [-0.39, 0.29) is 5.56 Å². The fraction of sp³-hybridized carbons (Fsp3) is 0.571. The van der Waals surface area contributed by atoms with Crippen LogP contribution in [0.1, 0.15) is 22.5 Å². The molecule has 0 unspecified atom stereocenters. The average Bonchev–Trinajstić information content (AvgIpc) is 2.42. The predicted molar refractivity (Wildman–Crippen MR) is 76.5 cm³/mol. The summed E-state index contributed by atoms with van der Waals surface area (Å²) in [5.74, 6) is -0.190. The second-order valence-corrected chi connectivity index (χ2v) is 4.43. The summed E-state index contributed by atoms with van der Waals surface area (Å²) in [6.07, 6.45) is 0.877. The molecule has 0 atom stereocenters. The highest BCUT2D eigenvalue weighted by Crippen LogP contribution is 2.15. The number of pyridine rings is 1. The molecule has 1 aromatic heterocycles. The van der Waals surface area contributed by atoms with Gasteiger partial charge in [-0.25, -0.2) is 9.78 Å². The quantitative estimate of drug-likeness (QED) is 0.693. The molecule has 0 aliphatic carbocycles. The van der Waals surface area contributed by atoms with E-state index in [0.717, 1.165) is 18.8 Å². The van der Waals surface area contributed by atoms with Gasteiger partial charge in [0.25, 0.3) is 0 Å². The van der Waals surface area contributed by atoms with Crippen LogP contribution in [-0.4, -0.2) is 56.6 Å². The SMILES string of the molecule is COCCCN(CCOC)c1ccc(C(=O)O)c(C)n1. The Morgan fingerprint density at radius 2 is 1.95 bits per heavy atom. The number of nitrogens with zero attached hydrogens (tertiary/aromatic N) is 2. The minimum atomic E-state index is -0.954. The standard InChI is InChI=1S/C14H22N2O4/c1-11-12(14(17)18)5-6-13(15-11)16(8-10-20-3)7-4-9-19-2/h5-6H,4,7-10H2,1-3H3,(H,17,18). The monoisotopic (exact) mass is 282 g/mol. The van der Waals surface area contributed by atoms with E-state index >= 15 is 0 Å². The van der Waals surface area contributed by atoms with E-state index in [1.165, 1.54) is 0 Å². The van der Waals surface area contributed by atoms with Crippen LogP contribution >= 0.6 is 0 Å². The molecule has 1 aromatic rings. The largest absolute Gasteiger partial charge is 0.478 e. The Morgan fingerprint density at radius 3 is 2.50 bits per heavy atom. The maximum Gasteiger partial charge on any atom is 0.337 e. The lowest BCUT2D eigenvalue weighted by Crippen LogP contribution is -2.30. The zero-order valence-electron chi connectivity index (χ0n) is 12.3. The van der Waals surface area contributed by atoms with Gasteiger partial charge in [0.15, 0.2) is 0 Å². The number of anilines is 1. The highest BCUT2D eigenvalue weighted by molar-refractivity contribution is 5.89. The van der Waals surface area contributed by atoms with Crippen LogP contribution in [0.3, 0.4) is 0 Å². The summed E-state index contributed by atoms with van der Waals surface area (Å²) in [7, 11) is 3.32. The van der Waals surface area contributed by atoms with E-state index in [0.29, 0.717) is 25.5 Å². The molecular weight excluding hydrogens is 260 g/mol. The summed E-state index contributed by atoms with van der Waals surface area (Å²) < 4.78 is 10.1. The van der Waals surface area contributed by atoms with Crippen LogP contribution in [0.4, 0.5) is 5.82 Å². The van der Waals surface area contributed by atoms with E-state index in [2.05, 4.69) is 9.88 Å². The number of carbonyl (C=O) groups is 1. The summed E-state index contributed by atoms with van der Waals surface area (Å²) in [4.78, 5) is 17.4. The van der Waals surface area contributed by atoms with E-state index in [1.54, 1.807) is 33.3 Å².